The number of ketones is 1. The molecule has 0 heterocycles. The van der Waals surface area contributed by atoms with Gasteiger partial charge in [-0.3, -0.25) is 4.79 Å². The van der Waals surface area contributed by atoms with Gasteiger partial charge in [-0.25, -0.2) is 0 Å². The number of allylic oxidation sites excluding steroid dienone is 1. The number of rotatable bonds is 5. The standard InChI is InChI=1S/C14H18O2/c1-4-5-13(11(2)15)10-12-6-8-14(16-3)9-7-12/h6-10H,4-5H2,1-3H3/b13-10+. The van der Waals surface area contributed by atoms with E-state index in [0.717, 1.165) is 29.7 Å². The van der Waals surface area contributed by atoms with Crippen LogP contribution in [0.2, 0.25) is 0 Å². The zero-order valence-corrected chi connectivity index (χ0v) is 10.1. The van der Waals surface area contributed by atoms with Crippen LogP contribution in [0.4, 0.5) is 0 Å². The highest BCUT2D eigenvalue weighted by molar-refractivity contribution is 5.97. The summed E-state index contributed by atoms with van der Waals surface area (Å²) < 4.78 is 5.08. The van der Waals surface area contributed by atoms with Gasteiger partial charge in [0.05, 0.1) is 7.11 Å². The van der Waals surface area contributed by atoms with Gasteiger partial charge in [-0.05, 0) is 42.7 Å². The molecule has 0 saturated heterocycles. The number of hydrogen-bond donors (Lipinski definition) is 0. The Labute approximate surface area is 96.9 Å². The van der Waals surface area contributed by atoms with E-state index in [1.54, 1.807) is 14.0 Å². The third-order valence-electron chi connectivity index (χ3n) is 2.43. The Bertz CT molecular complexity index is 374. The van der Waals surface area contributed by atoms with E-state index >= 15 is 0 Å². The third kappa shape index (κ3) is 3.54. The highest BCUT2D eigenvalue weighted by Gasteiger charge is 2.02. The Balaban J connectivity index is 2.89. The minimum atomic E-state index is 0.151. The molecule has 1 aromatic carbocycles. The van der Waals surface area contributed by atoms with E-state index < -0.39 is 0 Å². The second-order valence-corrected chi connectivity index (χ2v) is 3.75. The molecule has 0 amide bonds. The van der Waals surface area contributed by atoms with Crippen molar-refractivity contribution >= 4 is 11.9 Å². The number of hydrogen-bond acceptors (Lipinski definition) is 2. The maximum Gasteiger partial charge on any atom is 0.155 e. The molecule has 1 rings (SSSR count). The van der Waals surface area contributed by atoms with Crippen molar-refractivity contribution in [1.29, 1.82) is 0 Å². The van der Waals surface area contributed by atoms with Crippen molar-refractivity contribution in [1.82, 2.24) is 0 Å². The summed E-state index contributed by atoms with van der Waals surface area (Å²) in [7, 11) is 1.64. The van der Waals surface area contributed by atoms with Crippen LogP contribution >= 0.6 is 0 Å². The van der Waals surface area contributed by atoms with Gasteiger partial charge in [0.2, 0.25) is 0 Å². The van der Waals surface area contributed by atoms with Crippen LogP contribution in [0.1, 0.15) is 32.3 Å². The molecule has 0 spiro atoms. The van der Waals surface area contributed by atoms with E-state index in [1.165, 1.54) is 0 Å². The summed E-state index contributed by atoms with van der Waals surface area (Å²) in [5.74, 6) is 0.981. The van der Waals surface area contributed by atoms with Gasteiger partial charge in [0, 0.05) is 0 Å². The van der Waals surface area contributed by atoms with Crippen molar-refractivity contribution in [3.05, 3.63) is 35.4 Å². The van der Waals surface area contributed by atoms with Crippen LogP contribution in [0, 0.1) is 0 Å². The smallest absolute Gasteiger partial charge is 0.155 e. The Hall–Kier alpha value is -1.57. The summed E-state index contributed by atoms with van der Waals surface area (Å²) in [4.78, 5) is 11.4. The SMILES string of the molecule is CCC/C(=C\c1ccc(OC)cc1)C(C)=O. The first-order chi connectivity index (χ1) is 7.67. The van der Waals surface area contributed by atoms with E-state index in [0.29, 0.717) is 0 Å². The highest BCUT2D eigenvalue weighted by Crippen LogP contribution is 2.16. The maximum atomic E-state index is 11.4. The molecule has 0 unspecified atom stereocenters. The molecule has 0 saturated carbocycles. The van der Waals surface area contributed by atoms with Crippen LogP contribution in [0.3, 0.4) is 0 Å². The molecular weight excluding hydrogens is 200 g/mol. The number of carbonyl (C=O) groups excluding carboxylic acids is 1. The lowest BCUT2D eigenvalue weighted by Gasteiger charge is -2.03. The summed E-state index contributed by atoms with van der Waals surface area (Å²) in [5.41, 5.74) is 1.92. The fourth-order valence-electron chi connectivity index (χ4n) is 1.52. The molecule has 1 aromatic rings. The first-order valence-electron chi connectivity index (χ1n) is 5.53. The molecule has 0 aliphatic carbocycles. The second kappa shape index (κ2) is 6.11. The average molecular weight is 218 g/mol. The van der Waals surface area contributed by atoms with Crippen molar-refractivity contribution in [3.8, 4) is 5.75 Å². The van der Waals surface area contributed by atoms with Gasteiger partial charge in [0.1, 0.15) is 5.75 Å². The molecule has 2 heteroatoms. The lowest BCUT2D eigenvalue weighted by molar-refractivity contribution is -0.113. The predicted octanol–water partition coefficient (Wildman–Crippen LogP) is 3.47. The zero-order valence-electron chi connectivity index (χ0n) is 10.1. The van der Waals surface area contributed by atoms with Crippen molar-refractivity contribution in [2.45, 2.75) is 26.7 Å². The molecule has 16 heavy (non-hydrogen) atoms. The van der Waals surface area contributed by atoms with Gasteiger partial charge in [-0.15, -0.1) is 0 Å². The Morgan fingerprint density at radius 2 is 1.94 bits per heavy atom. The van der Waals surface area contributed by atoms with Gasteiger partial charge in [-0.2, -0.15) is 0 Å². The molecule has 0 aliphatic heterocycles. The zero-order chi connectivity index (χ0) is 12.0. The quantitative estimate of drug-likeness (QED) is 0.707. The molecule has 0 radical (unpaired) electrons. The largest absolute Gasteiger partial charge is 0.497 e. The normalized spacial score (nSPS) is 11.3. The minimum absolute atomic E-state index is 0.151. The number of methoxy groups -OCH3 is 1. The van der Waals surface area contributed by atoms with Crippen LogP contribution < -0.4 is 4.74 Å². The second-order valence-electron chi connectivity index (χ2n) is 3.75. The van der Waals surface area contributed by atoms with Crippen LogP contribution in [-0.4, -0.2) is 12.9 Å². The predicted molar refractivity (Wildman–Crippen MR) is 66.6 cm³/mol. The van der Waals surface area contributed by atoms with Crippen molar-refractivity contribution in [3.63, 3.8) is 0 Å². The Kier molecular flexibility index (Phi) is 4.77. The molecule has 0 fully saturated rings. The molecule has 0 atom stereocenters. The third-order valence-corrected chi connectivity index (χ3v) is 2.43. The molecule has 0 bridgehead atoms. The molecular formula is C14H18O2. The molecule has 86 valence electrons. The van der Waals surface area contributed by atoms with E-state index in [-0.39, 0.29) is 5.78 Å². The van der Waals surface area contributed by atoms with Crippen LogP contribution in [0.15, 0.2) is 29.8 Å². The van der Waals surface area contributed by atoms with Gasteiger partial charge < -0.3 is 4.74 Å². The van der Waals surface area contributed by atoms with E-state index in [4.69, 9.17) is 4.74 Å². The van der Waals surface area contributed by atoms with Crippen LogP contribution in [0.5, 0.6) is 5.75 Å². The van der Waals surface area contributed by atoms with Gasteiger partial charge >= 0.3 is 0 Å². The highest BCUT2D eigenvalue weighted by atomic mass is 16.5. The number of Topliss-reactive ketones (excluding diaryl/α,β-unsaturated/α-hetero) is 1. The summed E-state index contributed by atoms with van der Waals surface area (Å²) in [6, 6.07) is 7.71. The van der Waals surface area contributed by atoms with E-state index in [2.05, 4.69) is 6.92 Å². The van der Waals surface area contributed by atoms with Crippen molar-refractivity contribution < 1.29 is 9.53 Å². The van der Waals surface area contributed by atoms with Gasteiger partial charge in [0.25, 0.3) is 0 Å². The topological polar surface area (TPSA) is 26.3 Å². The monoisotopic (exact) mass is 218 g/mol. The number of carbonyl (C=O) groups is 1. The fraction of sp³-hybridized carbons (Fsp3) is 0.357. The molecule has 0 aromatic heterocycles. The first kappa shape index (κ1) is 12.5. The van der Waals surface area contributed by atoms with Crippen LogP contribution in [0.25, 0.3) is 6.08 Å². The molecule has 0 N–H and O–H groups in total. The lowest BCUT2D eigenvalue weighted by atomic mass is 10.0. The number of ether oxygens (including phenoxy) is 1. The molecule has 0 aliphatic rings. The first-order valence-corrected chi connectivity index (χ1v) is 5.53. The average Bonchev–Trinajstić information content (AvgIpc) is 2.29. The van der Waals surface area contributed by atoms with E-state index in [9.17, 15) is 4.79 Å². The van der Waals surface area contributed by atoms with Gasteiger partial charge in [-0.1, -0.05) is 25.5 Å². The lowest BCUT2D eigenvalue weighted by Crippen LogP contribution is -1.95. The Morgan fingerprint density at radius 3 is 2.38 bits per heavy atom. The number of benzene rings is 1. The summed E-state index contributed by atoms with van der Waals surface area (Å²) >= 11 is 0. The van der Waals surface area contributed by atoms with Gasteiger partial charge in [0.15, 0.2) is 5.78 Å². The molecule has 2 nitrogen and oxygen atoms in total. The van der Waals surface area contributed by atoms with Crippen LogP contribution in [-0.2, 0) is 4.79 Å². The Morgan fingerprint density at radius 1 is 1.31 bits per heavy atom. The fourth-order valence-corrected chi connectivity index (χ4v) is 1.52. The van der Waals surface area contributed by atoms with Crippen molar-refractivity contribution in [2.24, 2.45) is 0 Å². The minimum Gasteiger partial charge on any atom is -0.497 e. The summed E-state index contributed by atoms with van der Waals surface area (Å²) in [5, 5.41) is 0. The van der Waals surface area contributed by atoms with Crippen molar-refractivity contribution in [2.75, 3.05) is 7.11 Å². The summed E-state index contributed by atoms with van der Waals surface area (Å²) in [6.07, 6.45) is 3.77. The maximum absolute atomic E-state index is 11.4. The van der Waals surface area contributed by atoms with E-state index in [1.807, 2.05) is 30.3 Å². The summed E-state index contributed by atoms with van der Waals surface area (Å²) in [6.45, 7) is 3.69.